The van der Waals surface area contributed by atoms with E-state index in [1.807, 2.05) is 37.3 Å². The largest absolute Gasteiger partial charge is 0.496 e. The van der Waals surface area contributed by atoms with Crippen molar-refractivity contribution in [1.29, 1.82) is 0 Å². The summed E-state index contributed by atoms with van der Waals surface area (Å²) >= 11 is 6.47. The minimum atomic E-state index is -0.318. The van der Waals surface area contributed by atoms with Gasteiger partial charge in [0, 0.05) is 16.5 Å². The molecular formula is C21H21ClNO4+. The number of benzene rings is 2. The number of hydrogen-bond donors (Lipinski definition) is 1. The number of methoxy groups -OCH3 is 1. The molecule has 4 rings (SSSR count). The Bertz CT molecular complexity index is 1090. The van der Waals surface area contributed by atoms with Crippen molar-refractivity contribution in [3.63, 3.8) is 0 Å². The topological polar surface area (TPSA) is 53.1 Å². The van der Waals surface area contributed by atoms with Gasteiger partial charge in [0.1, 0.15) is 18.8 Å². The van der Waals surface area contributed by atoms with Crippen LogP contribution in [0.4, 0.5) is 0 Å². The van der Waals surface area contributed by atoms with Crippen molar-refractivity contribution in [2.24, 2.45) is 0 Å². The Morgan fingerprint density at radius 3 is 2.78 bits per heavy atom. The number of fused-ring (bicyclic) bond motifs is 3. The average molecular weight is 387 g/mol. The van der Waals surface area contributed by atoms with Crippen LogP contribution in [-0.2, 0) is 13.1 Å². The van der Waals surface area contributed by atoms with Gasteiger partial charge >= 0.3 is 5.63 Å². The minimum Gasteiger partial charge on any atom is -0.496 e. The Hall–Kier alpha value is -2.50. The highest BCUT2D eigenvalue weighted by Crippen LogP contribution is 2.37. The van der Waals surface area contributed by atoms with E-state index in [0.29, 0.717) is 35.2 Å². The van der Waals surface area contributed by atoms with Crippen molar-refractivity contribution >= 4 is 22.6 Å². The summed E-state index contributed by atoms with van der Waals surface area (Å²) in [6, 6.07) is 9.77. The normalized spacial score (nSPS) is 16.1. The molecular weight excluding hydrogens is 366 g/mol. The molecule has 2 aromatic carbocycles. The van der Waals surface area contributed by atoms with Crippen molar-refractivity contribution in [2.75, 3.05) is 13.8 Å². The zero-order chi connectivity index (χ0) is 19.1. The smallest absolute Gasteiger partial charge is 0.339 e. The number of quaternary nitrogens is 1. The molecule has 0 aliphatic carbocycles. The first-order valence-electron chi connectivity index (χ1n) is 8.83. The second-order valence-electron chi connectivity index (χ2n) is 6.89. The summed E-state index contributed by atoms with van der Waals surface area (Å²) in [5.41, 5.74) is 3.69. The SMILES string of the molecule is COc1ccccc1C[NH+]1COc2c(Cl)cc3c(C)c(C)c(=O)oc3c2C1. The maximum Gasteiger partial charge on any atom is 0.339 e. The predicted octanol–water partition coefficient (Wildman–Crippen LogP) is 3.01. The number of rotatable bonds is 3. The fraction of sp³-hybridized carbons (Fsp3) is 0.286. The van der Waals surface area contributed by atoms with Crippen LogP contribution < -0.4 is 20.0 Å². The Morgan fingerprint density at radius 2 is 2.00 bits per heavy atom. The number of nitrogens with one attached hydrogen (secondary N) is 1. The van der Waals surface area contributed by atoms with E-state index in [-0.39, 0.29) is 5.63 Å². The number of ether oxygens (including phenoxy) is 2. The Kier molecular flexibility index (Phi) is 4.58. The summed E-state index contributed by atoms with van der Waals surface area (Å²) in [7, 11) is 1.67. The van der Waals surface area contributed by atoms with Crippen LogP contribution in [0.2, 0.25) is 5.02 Å². The zero-order valence-electron chi connectivity index (χ0n) is 15.5. The molecule has 6 heteroatoms. The number of aryl methyl sites for hydroxylation is 1. The van der Waals surface area contributed by atoms with Gasteiger partial charge in [-0.15, -0.1) is 0 Å². The molecule has 27 heavy (non-hydrogen) atoms. The first-order valence-corrected chi connectivity index (χ1v) is 9.21. The van der Waals surface area contributed by atoms with Gasteiger partial charge < -0.3 is 13.9 Å². The molecule has 0 bridgehead atoms. The molecule has 0 saturated heterocycles. The van der Waals surface area contributed by atoms with E-state index in [1.54, 1.807) is 14.0 Å². The van der Waals surface area contributed by atoms with Gasteiger partial charge in [0.2, 0.25) is 6.73 Å². The van der Waals surface area contributed by atoms with Gasteiger partial charge in [-0.05, 0) is 37.6 Å². The van der Waals surface area contributed by atoms with E-state index in [9.17, 15) is 4.79 Å². The molecule has 3 aromatic rings. The zero-order valence-corrected chi connectivity index (χ0v) is 16.3. The molecule has 140 valence electrons. The summed E-state index contributed by atoms with van der Waals surface area (Å²) in [6.07, 6.45) is 0. The van der Waals surface area contributed by atoms with Gasteiger partial charge in [-0.25, -0.2) is 4.79 Å². The summed E-state index contributed by atoms with van der Waals surface area (Å²) in [5, 5.41) is 1.41. The second kappa shape index (κ2) is 6.91. The Labute approximate surface area is 162 Å². The Morgan fingerprint density at radius 1 is 1.22 bits per heavy atom. The van der Waals surface area contributed by atoms with Gasteiger partial charge in [-0.2, -0.15) is 0 Å². The Balaban J connectivity index is 1.77. The van der Waals surface area contributed by atoms with Crippen LogP contribution in [0.5, 0.6) is 11.5 Å². The maximum absolute atomic E-state index is 12.2. The van der Waals surface area contributed by atoms with Gasteiger partial charge in [-0.3, -0.25) is 4.90 Å². The first-order chi connectivity index (χ1) is 13.0. The highest BCUT2D eigenvalue weighted by molar-refractivity contribution is 6.33. The molecule has 0 spiro atoms. The van der Waals surface area contributed by atoms with Crippen LogP contribution in [0.3, 0.4) is 0 Å². The lowest BCUT2D eigenvalue weighted by Gasteiger charge is -2.27. The third kappa shape index (κ3) is 3.07. The minimum absolute atomic E-state index is 0.318. The van der Waals surface area contributed by atoms with Gasteiger partial charge in [-0.1, -0.05) is 23.7 Å². The summed E-state index contributed by atoms with van der Waals surface area (Å²) < 4.78 is 17.1. The molecule has 1 aromatic heterocycles. The number of para-hydroxylation sites is 1. The lowest BCUT2D eigenvalue weighted by Crippen LogP contribution is -3.10. The highest BCUT2D eigenvalue weighted by Gasteiger charge is 2.28. The van der Waals surface area contributed by atoms with Crippen molar-refractivity contribution in [2.45, 2.75) is 26.9 Å². The quantitative estimate of drug-likeness (QED) is 0.703. The average Bonchev–Trinajstić information content (AvgIpc) is 2.68. The fourth-order valence-corrected chi connectivity index (χ4v) is 3.89. The molecule has 1 aliphatic rings. The molecule has 5 nitrogen and oxygen atoms in total. The van der Waals surface area contributed by atoms with E-state index >= 15 is 0 Å². The molecule has 0 amide bonds. The maximum atomic E-state index is 12.2. The molecule has 1 aliphatic heterocycles. The molecule has 1 atom stereocenters. The van der Waals surface area contributed by atoms with Crippen molar-refractivity contribution in [3.05, 3.63) is 68.0 Å². The van der Waals surface area contributed by atoms with Crippen molar-refractivity contribution in [3.8, 4) is 11.5 Å². The van der Waals surface area contributed by atoms with Crippen LogP contribution in [-0.4, -0.2) is 13.8 Å². The lowest BCUT2D eigenvalue weighted by atomic mass is 10.0. The van der Waals surface area contributed by atoms with Gasteiger partial charge in [0.25, 0.3) is 0 Å². The lowest BCUT2D eigenvalue weighted by molar-refractivity contribution is -0.945. The van der Waals surface area contributed by atoms with E-state index in [1.165, 1.54) is 4.90 Å². The van der Waals surface area contributed by atoms with Crippen LogP contribution >= 0.6 is 11.6 Å². The third-order valence-electron chi connectivity index (χ3n) is 5.23. The van der Waals surface area contributed by atoms with Crippen LogP contribution in [0.15, 0.2) is 39.5 Å². The standard InChI is InChI=1S/C21H20ClNO4/c1-12-13(2)21(24)27-19-15(12)8-17(22)20-16(19)10-23(11-26-20)9-14-6-4-5-7-18(14)25-3/h4-8H,9-11H2,1-3H3/p+1. The molecule has 2 heterocycles. The van der Waals surface area contributed by atoms with E-state index in [4.69, 9.17) is 25.5 Å². The molecule has 0 fully saturated rings. The summed E-state index contributed by atoms with van der Waals surface area (Å²) in [5.74, 6) is 1.46. The number of halogens is 1. The van der Waals surface area contributed by atoms with Crippen molar-refractivity contribution in [1.82, 2.24) is 0 Å². The molecule has 0 radical (unpaired) electrons. The summed E-state index contributed by atoms with van der Waals surface area (Å²) in [4.78, 5) is 13.4. The second-order valence-corrected chi connectivity index (χ2v) is 7.29. The van der Waals surface area contributed by atoms with Gasteiger partial charge in [0.15, 0.2) is 11.3 Å². The van der Waals surface area contributed by atoms with Crippen molar-refractivity contribution < 1.29 is 18.8 Å². The van der Waals surface area contributed by atoms with E-state index < -0.39 is 0 Å². The summed E-state index contributed by atoms with van der Waals surface area (Å²) in [6.45, 7) is 5.54. The van der Waals surface area contributed by atoms with Crippen LogP contribution in [0.1, 0.15) is 22.3 Å². The monoisotopic (exact) mass is 386 g/mol. The van der Waals surface area contributed by atoms with Gasteiger partial charge in [0.05, 0.1) is 17.7 Å². The van der Waals surface area contributed by atoms with Crippen LogP contribution in [0.25, 0.3) is 11.0 Å². The van der Waals surface area contributed by atoms with Crippen LogP contribution in [0, 0.1) is 13.8 Å². The van der Waals surface area contributed by atoms with E-state index in [2.05, 4.69) is 0 Å². The third-order valence-corrected chi connectivity index (χ3v) is 5.51. The van der Waals surface area contributed by atoms with E-state index in [0.717, 1.165) is 34.4 Å². The fourth-order valence-electron chi connectivity index (χ4n) is 3.61. The predicted molar refractivity (Wildman–Crippen MR) is 104 cm³/mol. The molecule has 0 saturated carbocycles. The highest BCUT2D eigenvalue weighted by atomic mass is 35.5. The first kappa shape index (κ1) is 17.9. The molecule has 1 N–H and O–H groups in total. The molecule has 1 unspecified atom stereocenters. The number of hydrogen-bond acceptors (Lipinski definition) is 4.